The van der Waals surface area contributed by atoms with Gasteiger partial charge in [0.05, 0.1) is 5.54 Å². The van der Waals surface area contributed by atoms with E-state index in [1.807, 2.05) is 56.3 Å². The molecular formula is C13H17NO. The molecule has 1 rings (SSSR count). The van der Waals surface area contributed by atoms with Crippen molar-refractivity contribution in [3.8, 4) is 0 Å². The molecule has 15 heavy (non-hydrogen) atoms. The summed E-state index contributed by atoms with van der Waals surface area (Å²) >= 11 is 0. The number of carbonyl (C=O) groups is 1. The molecule has 80 valence electrons. The van der Waals surface area contributed by atoms with Gasteiger partial charge in [0.2, 0.25) is 5.91 Å². The third-order valence-corrected chi connectivity index (χ3v) is 1.99. The van der Waals surface area contributed by atoms with Crippen LogP contribution in [0.4, 0.5) is 0 Å². The molecule has 0 fully saturated rings. The van der Waals surface area contributed by atoms with E-state index in [0.29, 0.717) is 0 Å². The Balaban J connectivity index is 2.68. The number of nitrogens with one attached hydrogen (secondary N) is 1. The lowest BCUT2D eigenvalue weighted by atomic mass is 10.0. The highest BCUT2D eigenvalue weighted by molar-refractivity contribution is 5.74. The maximum Gasteiger partial charge on any atom is 0.217 e. The van der Waals surface area contributed by atoms with E-state index in [-0.39, 0.29) is 11.4 Å². The number of amides is 1. The van der Waals surface area contributed by atoms with Gasteiger partial charge in [0, 0.05) is 6.92 Å². The van der Waals surface area contributed by atoms with E-state index in [0.717, 1.165) is 5.56 Å². The maximum absolute atomic E-state index is 10.9. The van der Waals surface area contributed by atoms with Crippen molar-refractivity contribution in [3.05, 3.63) is 42.0 Å². The van der Waals surface area contributed by atoms with Crippen LogP contribution in [0.2, 0.25) is 0 Å². The molecule has 2 nitrogen and oxygen atoms in total. The van der Waals surface area contributed by atoms with Crippen LogP contribution in [0, 0.1) is 0 Å². The summed E-state index contributed by atoms with van der Waals surface area (Å²) in [6, 6.07) is 10.0. The Morgan fingerprint density at radius 1 is 1.27 bits per heavy atom. The molecule has 2 heteroatoms. The molecule has 0 saturated carbocycles. The quantitative estimate of drug-likeness (QED) is 0.803. The van der Waals surface area contributed by atoms with E-state index in [9.17, 15) is 4.79 Å². The number of hydrogen-bond donors (Lipinski definition) is 1. The van der Waals surface area contributed by atoms with Crippen LogP contribution in [-0.4, -0.2) is 11.4 Å². The van der Waals surface area contributed by atoms with Crippen molar-refractivity contribution in [2.75, 3.05) is 0 Å². The molecule has 1 aromatic rings. The molecule has 1 aromatic carbocycles. The summed E-state index contributed by atoms with van der Waals surface area (Å²) in [4.78, 5) is 10.9. The van der Waals surface area contributed by atoms with Crippen LogP contribution in [0.15, 0.2) is 36.4 Å². The van der Waals surface area contributed by atoms with Crippen LogP contribution in [0.3, 0.4) is 0 Å². The van der Waals surface area contributed by atoms with Crippen molar-refractivity contribution in [1.82, 2.24) is 5.32 Å². The molecule has 0 saturated heterocycles. The summed E-state index contributed by atoms with van der Waals surface area (Å²) in [5.41, 5.74) is 0.831. The summed E-state index contributed by atoms with van der Waals surface area (Å²) in [5, 5.41) is 2.86. The van der Waals surface area contributed by atoms with Gasteiger partial charge in [-0.3, -0.25) is 4.79 Å². The molecule has 0 aliphatic heterocycles. The first kappa shape index (κ1) is 11.5. The van der Waals surface area contributed by atoms with Crippen LogP contribution >= 0.6 is 0 Å². The highest BCUT2D eigenvalue weighted by Crippen LogP contribution is 2.08. The van der Waals surface area contributed by atoms with Crippen molar-refractivity contribution in [2.45, 2.75) is 26.3 Å². The first-order chi connectivity index (χ1) is 6.99. The largest absolute Gasteiger partial charge is 0.348 e. The Morgan fingerprint density at radius 3 is 2.40 bits per heavy atom. The smallest absolute Gasteiger partial charge is 0.217 e. The number of carbonyl (C=O) groups excluding carboxylic acids is 1. The number of hydrogen-bond acceptors (Lipinski definition) is 1. The third kappa shape index (κ3) is 4.45. The normalized spacial score (nSPS) is 11.7. The lowest BCUT2D eigenvalue weighted by Crippen LogP contribution is -2.40. The second kappa shape index (κ2) is 4.78. The summed E-state index contributed by atoms with van der Waals surface area (Å²) < 4.78 is 0. The Kier molecular flexibility index (Phi) is 3.67. The van der Waals surface area contributed by atoms with E-state index in [4.69, 9.17) is 0 Å². The van der Waals surface area contributed by atoms with Crippen LogP contribution in [0.25, 0.3) is 6.08 Å². The molecule has 0 bridgehead atoms. The monoisotopic (exact) mass is 203 g/mol. The molecule has 0 aliphatic carbocycles. The zero-order valence-corrected chi connectivity index (χ0v) is 9.45. The average molecular weight is 203 g/mol. The maximum atomic E-state index is 10.9. The standard InChI is InChI=1S/C13H17NO/c1-11(15)14-13(2,3)10-9-12-7-5-4-6-8-12/h4-10H,1-3H3,(H,14,15)/b10-9-. The van der Waals surface area contributed by atoms with Crippen molar-refractivity contribution in [3.63, 3.8) is 0 Å². The summed E-state index contributed by atoms with van der Waals surface area (Å²) in [5.74, 6) is -0.0160. The highest BCUT2D eigenvalue weighted by atomic mass is 16.1. The predicted octanol–water partition coefficient (Wildman–Crippen LogP) is 2.61. The second-order valence-electron chi connectivity index (χ2n) is 4.15. The predicted molar refractivity (Wildman–Crippen MR) is 63.4 cm³/mol. The Morgan fingerprint density at radius 2 is 1.87 bits per heavy atom. The van der Waals surface area contributed by atoms with E-state index in [1.54, 1.807) is 0 Å². The van der Waals surface area contributed by atoms with Crippen molar-refractivity contribution in [1.29, 1.82) is 0 Å². The van der Waals surface area contributed by atoms with E-state index in [1.165, 1.54) is 6.92 Å². The molecule has 1 amide bonds. The molecule has 0 spiro atoms. The van der Waals surface area contributed by atoms with Gasteiger partial charge in [-0.15, -0.1) is 0 Å². The van der Waals surface area contributed by atoms with Crippen LogP contribution in [0.5, 0.6) is 0 Å². The summed E-state index contributed by atoms with van der Waals surface area (Å²) in [6.45, 7) is 5.46. The average Bonchev–Trinajstić information content (AvgIpc) is 2.15. The van der Waals surface area contributed by atoms with Gasteiger partial charge in [0.15, 0.2) is 0 Å². The topological polar surface area (TPSA) is 29.1 Å². The summed E-state index contributed by atoms with van der Waals surface area (Å²) in [6.07, 6.45) is 4.00. The fourth-order valence-electron chi connectivity index (χ4n) is 1.36. The van der Waals surface area contributed by atoms with Gasteiger partial charge in [0.25, 0.3) is 0 Å². The highest BCUT2D eigenvalue weighted by Gasteiger charge is 2.13. The molecule has 0 aromatic heterocycles. The van der Waals surface area contributed by atoms with E-state index < -0.39 is 0 Å². The van der Waals surface area contributed by atoms with E-state index in [2.05, 4.69) is 5.32 Å². The van der Waals surface area contributed by atoms with Crippen molar-refractivity contribution < 1.29 is 4.79 Å². The van der Waals surface area contributed by atoms with Gasteiger partial charge in [0.1, 0.15) is 0 Å². The lowest BCUT2D eigenvalue weighted by Gasteiger charge is -2.21. The Hall–Kier alpha value is -1.57. The fraction of sp³-hybridized carbons (Fsp3) is 0.308. The number of benzene rings is 1. The first-order valence-corrected chi connectivity index (χ1v) is 5.03. The number of rotatable bonds is 3. The molecule has 1 N–H and O–H groups in total. The van der Waals surface area contributed by atoms with Crippen LogP contribution in [0.1, 0.15) is 26.3 Å². The van der Waals surface area contributed by atoms with Gasteiger partial charge in [-0.1, -0.05) is 42.5 Å². The lowest BCUT2D eigenvalue weighted by molar-refractivity contribution is -0.120. The molecule has 0 radical (unpaired) electrons. The fourth-order valence-corrected chi connectivity index (χ4v) is 1.36. The van der Waals surface area contributed by atoms with Gasteiger partial charge in [-0.25, -0.2) is 0 Å². The van der Waals surface area contributed by atoms with Gasteiger partial charge < -0.3 is 5.32 Å². The third-order valence-electron chi connectivity index (χ3n) is 1.99. The minimum absolute atomic E-state index is 0.0160. The minimum atomic E-state index is -0.304. The van der Waals surface area contributed by atoms with Crippen LogP contribution < -0.4 is 5.32 Å². The minimum Gasteiger partial charge on any atom is -0.348 e. The Labute approximate surface area is 91.0 Å². The zero-order chi connectivity index (χ0) is 11.3. The molecular weight excluding hydrogens is 186 g/mol. The van der Waals surface area contributed by atoms with Gasteiger partial charge in [-0.2, -0.15) is 0 Å². The van der Waals surface area contributed by atoms with Gasteiger partial charge >= 0.3 is 0 Å². The first-order valence-electron chi connectivity index (χ1n) is 5.03. The second-order valence-corrected chi connectivity index (χ2v) is 4.15. The van der Waals surface area contributed by atoms with Crippen molar-refractivity contribution >= 4 is 12.0 Å². The van der Waals surface area contributed by atoms with Crippen LogP contribution in [-0.2, 0) is 4.79 Å². The summed E-state index contributed by atoms with van der Waals surface area (Å²) in [7, 11) is 0. The Bertz CT molecular complexity index is 352. The molecule has 0 atom stereocenters. The molecule has 0 heterocycles. The van der Waals surface area contributed by atoms with Gasteiger partial charge in [-0.05, 0) is 19.4 Å². The molecule has 0 unspecified atom stereocenters. The van der Waals surface area contributed by atoms with E-state index >= 15 is 0 Å². The SMILES string of the molecule is CC(=O)NC(C)(C)/C=C\c1ccccc1. The zero-order valence-electron chi connectivity index (χ0n) is 9.45. The van der Waals surface area contributed by atoms with Crippen molar-refractivity contribution in [2.24, 2.45) is 0 Å². The molecule has 0 aliphatic rings.